The van der Waals surface area contributed by atoms with Gasteiger partial charge in [0.2, 0.25) is 0 Å². The van der Waals surface area contributed by atoms with Gasteiger partial charge in [0.05, 0.1) is 0 Å². The van der Waals surface area contributed by atoms with E-state index in [1.54, 1.807) is 6.92 Å². The summed E-state index contributed by atoms with van der Waals surface area (Å²) in [7, 11) is 0. The Kier molecular flexibility index (Phi) is 2.12. The molecular weight excluding hydrogens is 174 g/mol. The quantitative estimate of drug-likeness (QED) is 0.661. The zero-order valence-corrected chi connectivity index (χ0v) is 8.37. The molecule has 0 saturated heterocycles. The van der Waals surface area contributed by atoms with Crippen LogP contribution in [0.15, 0.2) is 24.4 Å². The first kappa shape index (κ1) is 9.00. The van der Waals surface area contributed by atoms with Gasteiger partial charge in [-0.1, -0.05) is 6.07 Å². The van der Waals surface area contributed by atoms with E-state index in [1.807, 2.05) is 24.4 Å². The molecule has 0 aliphatic rings. The van der Waals surface area contributed by atoms with Gasteiger partial charge in [-0.2, -0.15) is 0 Å². The highest BCUT2D eigenvalue weighted by Crippen LogP contribution is 2.21. The van der Waals surface area contributed by atoms with Crippen LogP contribution in [0.25, 0.3) is 10.9 Å². The van der Waals surface area contributed by atoms with E-state index in [-0.39, 0.29) is 5.78 Å². The summed E-state index contributed by atoms with van der Waals surface area (Å²) in [6.45, 7) is 4.55. The fourth-order valence-corrected chi connectivity index (χ4v) is 1.73. The monoisotopic (exact) mass is 186 g/mol. The first-order chi connectivity index (χ1) is 6.74. The molecule has 1 aromatic carbocycles. The summed E-state index contributed by atoms with van der Waals surface area (Å²) in [4.78, 5) is 11.4. The molecule has 0 aliphatic carbocycles. The predicted octanol–water partition coefficient (Wildman–Crippen LogP) is 2.66. The van der Waals surface area contributed by atoms with Crippen molar-refractivity contribution in [3.05, 3.63) is 36.0 Å². The molecule has 71 valence electrons. The Balaban J connectivity index is 2.80. The molecule has 0 N–H and O–H groups in total. The molecular formula is C12H12NO. The number of carbonyl (C=O) groups excluding carboxylic acids is 1. The molecule has 1 heterocycles. The van der Waals surface area contributed by atoms with Crippen LogP contribution in [-0.4, -0.2) is 10.4 Å². The molecule has 0 aliphatic heterocycles. The van der Waals surface area contributed by atoms with Gasteiger partial charge in [-0.25, -0.2) is 0 Å². The molecule has 1 radical (unpaired) electrons. The number of Topliss-reactive ketones (excluding diaryl/α,β-unsaturated/α-hetero) is 1. The van der Waals surface area contributed by atoms with Crippen molar-refractivity contribution >= 4 is 16.7 Å². The highest BCUT2D eigenvalue weighted by atomic mass is 16.1. The van der Waals surface area contributed by atoms with Crippen molar-refractivity contribution in [1.29, 1.82) is 0 Å². The number of hydrogen-bond acceptors (Lipinski definition) is 1. The van der Waals surface area contributed by atoms with Crippen LogP contribution in [0.4, 0.5) is 0 Å². The Morgan fingerprint density at radius 2 is 2.36 bits per heavy atom. The van der Waals surface area contributed by atoms with Crippen LogP contribution in [0, 0.1) is 6.07 Å². The second-order valence-electron chi connectivity index (χ2n) is 3.33. The van der Waals surface area contributed by atoms with Crippen LogP contribution in [0.3, 0.4) is 0 Å². The predicted molar refractivity (Wildman–Crippen MR) is 56.5 cm³/mol. The minimum Gasteiger partial charge on any atom is -0.347 e. The van der Waals surface area contributed by atoms with E-state index in [2.05, 4.69) is 17.6 Å². The molecule has 2 aromatic rings. The molecule has 2 rings (SSSR count). The van der Waals surface area contributed by atoms with E-state index >= 15 is 0 Å². The van der Waals surface area contributed by atoms with E-state index in [9.17, 15) is 4.79 Å². The standard InChI is InChI=1S/C12H12NO/c1-3-13-8-11(9(2)14)10-6-4-5-7-12(10)13/h5-8H,3H2,1-2H3. The number of nitrogens with zero attached hydrogens (tertiary/aromatic N) is 1. The number of carbonyl (C=O) groups is 1. The van der Waals surface area contributed by atoms with Gasteiger partial charge in [0.25, 0.3) is 0 Å². The molecule has 0 saturated carbocycles. The smallest absolute Gasteiger partial charge is 0.161 e. The van der Waals surface area contributed by atoms with E-state index in [0.29, 0.717) is 0 Å². The number of aryl methyl sites for hydroxylation is 1. The minimum absolute atomic E-state index is 0.113. The van der Waals surface area contributed by atoms with Crippen LogP contribution in [0.5, 0.6) is 0 Å². The molecule has 0 spiro atoms. The largest absolute Gasteiger partial charge is 0.347 e. The maximum atomic E-state index is 11.4. The van der Waals surface area contributed by atoms with Crippen molar-refractivity contribution < 1.29 is 4.79 Å². The van der Waals surface area contributed by atoms with Crippen LogP contribution >= 0.6 is 0 Å². The molecule has 0 unspecified atom stereocenters. The van der Waals surface area contributed by atoms with Gasteiger partial charge in [-0.3, -0.25) is 4.79 Å². The Morgan fingerprint density at radius 1 is 1.57 bits per heavy atom. The van der Waals surface area contributed by atoms with Crippen molar-refractivity contribution in [2.45, 2.75) is 20.4 Å². The highest BCUT2D eigenvalue weighted by molar-refractivity contribution is 6.06. The van der Waals surface area contributed by atoms with Crippen molar-refractivity contribution in [1.82, 2.24) is 4.57 Å². The zero-order chi connectivity index (χ0) is 10.1. The average molecular weight is 186 g/mol. The maximum absolute atomic E-state index is 11.4. The fraction of sp³-hybridized carbons (Fsp3) is 0.250. The molecule has 14 heavy (non-hydrogen) atoms. The molecule has 0 bridgehead atoms. The Morgan fingerprint density at radius 3 is 3.00 bits per heavy atom. The second-order valence-corrected chi connectivity index (χ2v) is 3.33. The molecule has 0 amide bonds. The SMILES string of the molecule is CCn1cc(C(C)=O)c2c[c]ccc21. The molecule has 0 atom stereocenters. The summed E-state index contributed by atoms with van der Waals surface area (Å²) >= 11 is 0. The van der Waals surface area contributed by atoms with Gasteiger partial charge in [0.15, 0.2) is 5.78 Å². The Labute approximate surface area is 83.2 Å². The fourth-order valence-electron chi connectivity index (χ4n) is 1.73. The maximum Gasteiger partial charge on any atom is 0.161 e. The summed E-state index contributed by atoms with van der Waals surface area (Å²) in [6.07, 6.45) is 1.92. The van der Waals surface area contributed by atoms with Gasteiger partial charge in [-0.05, 0) is 32.0 Å². The summed E-state index contributed by atoms with van der Waals surface area (Å²) < 4.78 is 2.08. The first-order valence-electron chi connectivity index (χ1n) is 4.74. The topological polar surface area (TPSA) is 22.0 Å². The van der Waals surface area contributed by atoms with Crippen LogP contribution in [0.1, 0.15) is 24.2 Å². The summed E-state index contributed by atoms with van der Waals surface area (Å²) in [5.41, 5.74) is 1.90. The zero-order valence-electron chi connectivity index (χ0n) is 8.37. The summed E-state index contributed by atoms with van der Waals surface area (Å²) in [5, 5.41) is 1.00. The minimum atomic E-state index is 0.113. The lowest BCUT2D eigenvalue weighted by Crippen LogP contribution is -1.91. The van der Waals surface area contributed by atoms with E-state index < -0.39 is 0 Å². The van der Waals surface area contributed by atoms with Gasteiger partial charge in [-0.15, -0.1) is 0 Å². The number of aromatic nitrogens is 1. The molecule has 2 heteroatoms. The van der Waals surface area contributed by atoms with Gasteiger partial charge < -0.3 is 4.57 Å². The van der Waals surface area contributed by atoms with E-state index in [1.165, 1.54) is 0 Å². The number of benzene rings is 1. The molecule has 0 fully saturated rings. The van der Waals surface area contributed by atoms with Crippen molar-refractivity contribution in [2.75, 3.05) is 0 Å². The Bertz CT molecular complexity index is 482. The molecule has 2 nitrogen and oxygen atoms in total. The average Bonchev–Trinajstić information content (AvgIpc) is 2.56. The Hall–Kier alpha value is -1.57. The lowest BCUT2D eigenvalue weighted by atomic mass is 10.1. The second kappa shape index (κ2) is 3.29. The first-order valence-corrected chi connectivity index (χ1v) is 4.74. The van der Waals surface area contributed by atoms with Crippen molar-refractivity contribution in [3.63, 3.8) is 0 Å². The number of fused-ring (bicyclic) bond motifs is 1. The van der Waals surface area contributed by atoms with Crippen LogP contribution < -0.4 is 0 Å². The van der Waals surface area contributed by atoms with Gasteiger partial charge in [0, 0.05) is 29.2 Å². The van der Waals surface area contributed by atoms with Crippen LogP contribution in [0.2, 0.25) is 0 Å². The highest BCUT2D eigenvalue weighted by Gasteiger charge is 2.09. The lowest BCUT2D eigenvalue weighted by Gasteiger charge is -1.97. The third-order valence-corrected chi connectivity index (χ3v) is 2.45. The number of hydrogen-bond donors (Lipinski definition) is 0. The van der Waals surface area contributed by atoms with E-state index in [4.69, 9.17) is 0 Å². The van der Waals surface area contributed by atoms with E-state index in [0.717, 1.165) is 23.0 Å². The van der Waals surface area contributed by atoms with Gasteiger partial charge >= 0.3 is 0 Å². The third-order valence-electron chi connectivity index (χ3n) is 2.45. The molecule has 1 aromatic heterocycles. The van der Waals surface area contributed by atoms with Crippen molar-refractivity contribution in [3.8, 4) is 0 Å². The summed E-state index contributed by atoms with van der Waals surface area (Å²) in [6, 6.07) is 8.74. The normalized spacial score (nSPS) is 10.7. The lowest BCUT2D eigenvalue weighted by molar-refractivity contribution is 0.101. The summed E-state index contributed by atoms with van der Waals surface area (Å²) in [5.74, 6) is 0.113. The van der Waals surface area contributed by atoms with Crippen LogP contribution in [-0.2, 0) is 6.54 Å². The third kappa shape index (κ3) is 1.23. The van der Waals surface area contributed by atoms with Crippen molar-refractivity contribution in [2.24, 2.45) is 0 Å². The number of rotatable bonds is 2. The number of ketones is 1. The van der Waals surface area contributed by atoms with Gasteiger partial charge in [0.1, 0.15) is 0 Å².